The molecule has 0 saturated carbocycles. The number of benzene rings is 1. The van der Waals surface area contributed by atoms with Crippen molar-refractivity contribution in [1.29, 1.82) is 0 Å². The van der Waals surface area contributed by atoms with Crippen molar-refractivity contribution in [2.75, 3.05) is 18.4 Å². The van der Waals surface area contributed by atoms with E-state index in [0.29, 0.717) is 42.6 Å². The van der Waals surface area contributed by atoms with Gasteiger partial charge >= 0.3 is 6.09 Å². The number of hydrogen-bond donors (Lipinski definition) is 2. The molecule has 2 heterocycles. The summed E-state index contributed by atoms with van der Waals surface area (Å²) in [4.78, 5) is 18.0. The molecule has 178 valence electrons. The molecule has 32 heavy (non-hydrogen) atoms. The summed E-state index contributed by atoms with van der Waals surface area (Å²) in [5.74, 6) is -0.619. The third-order valence-corrected chi connectivity index (χ3v) is 6.43. The van der Waals surface area contributed by atoms with Crippen LogP contribution >= 0.6 is 39.1 Å². The zero-order chi connectivity index (χ0) is 24.2. The van der Waals surface area contributed by atoms with Crippen molar-refractivity contribution in [1.82, 2.24) is 9.88 Å². The summed E-state index contributed by atoms with van der Waals surface area (Å²) in [7, 11) is 0. The van der Waals surface area contributed by atoms with Crippen LogP contribution < -0.4 is 5.32 Å². The lowest BCUT2D eigenvalue weighted by atomic mass is 10.0. The van der Waals surface area contributed by atoms with Crippen molar-refractivity contribution in [2.24, 2.45) is 0 Å². The number of likely N-dealkylation sites (tertiary alicyclic amines) is 1. The third kappa shape index (κ3) is 6.16. The SMILES string of the molecule is CC.CC(C)(C)OC(=O)N1CCC(Nc2c(CO)c(Cl)nc3c(F)c(Br)c(Cl)cc23)CC1. The van der Waals surface area contributed by atoms with E-state index in [1.165, 1.54) is 0 Å². The van der Waals surface area contributed by atoms with Crippen molar-refractivity contribution < 1.29 is 19.0 Å². The molecular formula is C22H29BrCl2FN3O3. The van der Waals surface area contributed by atoms with Gasteiger partial charge in [0.25, 0.3) is 0 Å². The number of aliphatic hydroxyl groups excluding tert-OH is 1. The number of anilines is 1. The summed E-state index contributed by atoms with van der Waals surface area (Å²) in [5.41, 5.74) is 0.377. The molecule has 1 aromatic heterocycles. The number of pyridine rings is 1. The van der Waals surface area contributed by atoms with Gasteiger partial charge in [0.2, 0.25) is 0 Å². The molecule has 6 nitrogen and oxygen atoms in total. The molecule has 1 amide bonds. The van der Waals surface area contributed by atoms with Gasteiger partial charge in [0.15, 0.2) is 5.82 Å². The second kappa shape index (κ2) is 11.2. The lowest BCUT2D eigenvalue weighted by Gasteiger charge is -2.34. The van der Waals surface area contributed by atoms with Gasteiger partial charge in [0.1, 0.15) is 16.3 Å². The number of nitrogens with zero attached hydrogens (tertiary/aromatic N) is 2. The number of carbonyl (C=O) groups excluding carboxylic acids is 1. The van der Waals surface area contributed by atoms with Crippen molar-refractivity contribution in [3.63, 3.8) is 0 Å². The van der Waals surface area contributed by atoms with E-state index in [2.05, 4.69) is 26.2 Å². The molecule has 0 aliphatic carbocycles. The van der Waals surface area contributed by atoms with Gasteiger partial charge in [0, 0.05) is 30.1 Å². The fourth-order valence-electron chi connectivity index (χ4n) is 3.36. The Morgan fingerprint density at radius 3 is 2.47 bits per heavy atom. The first-order chi connectivity index (χ1) is 15.0. The van der Waals surface area contributed by atoms with E-state index in [1.54, 1.807) is 11.0 Å². The van der Waals surface area contributed by atoms with E-state index in [0.717, 1.165) is 0 Å². The second-order valence-corrected chi connectivity index (χ2v) is 9.74. The van der Waals surface area contributed by atoms with Crippen LogP contribution in [0, 0.1) is 5.82 Å². The number of amides is 1. The summed E-state index contributed by atoms with van der Waals surface area (Å²) in [6.07, 6.45) is 0.962. The Hall–Kier alpha value is -1.35. The predicted molar refractivity (Wildman–Crippen MR) is 131 cm³/mol. The number of carbonyl (C=O) groups is 1. The first-order valence-electron chi connectivity index (χ1n) is 10.5. The van der Waals surface area contributed by atoms with E-state index in [9.17, 15) is 14.3 Å². The average Bonchev–Trinajstić information content (AvgIpc) is 2.74. The highest BCUT2D eigenvalue weighted by molar-refractivity contribution is 9.10. The molecular weight excluding hydrogens is 524 g/mol. The Kier molecular flexibility index (Phi) is 9.40. The number of aliphatic hydroxyl groups is 1. The van der Waals surface area contributed by atoms with Gasteiger partial charge < -0.3 is 20.1 Å². The fourth-order valence-corrected chi connectivity index (χ4v) is 4.10. The standard InChI is InChI=1S/C20H23BrCl2FN3O3.C2H6/c1-20(2,3)30-19(29)27-6-4-10(5-7-27)25-16-11-8-13(22)14(21)15(24)17(11)26-18(23)12(16)9-28;1-2/h8,10,28H,4-7,9H2,1-3H3,(H,25,26);1-2H3. The first kappa shape index (κ1) is 26.9. The molecule has 0 atom stereocenters. The van der Waals surface area contributed by atoms with Gasteiger partial charge in [-0.3, -0.25) is 0 Å². The normalized spacial score (nSPS) is 14.8. The van der Waals surface area contributed by atoms with Crippen LogP contribution in [-0.4, -0.2) is 45.8 Å². The molecule has 2 aromatic rings. The van der Waals surface area contributed by atoms with Crippen molar-refractivity contribution in [3.8, 4) is 0 Å². The number of aromatic nitrogens is 1. The quantitative estimate of drug-likeness (QED) is 0.324. The molecule has 1 aliphatic heterocycles. The van der Waals surface area contributed by atoms with Gasteiger partial charge in [-0.2, -0.15) is 0 Å². The Morgan fingerprint density at radius 2 is 1.94 bits per heavy atom. The molecule has 0 unspecified atom stereocenters. The van der Waals surface area contributed by atoms with Crippen LogP contribution in [0.15, 0.2) is 10.5 Å². The third-order valence-electron chi connectivity index (χ3n) is 4.82. The Morgan fingerprint density at radius 1 is 1.34 bits per heavy atom. The summed E-state index contributed by atoms with van der Waals surface area (Å²) in [6.45, 7) is 10.1. The number of fused-ring (bicyclic) bond motifs is 1. The lowest BCUT2D eigenvalue weighted by molar-refractivity contribution is 0.0210. The predicted octanol–water partition coefficient (Wildman–Crippen LogP) is 6.77. The molecule has 1 aromatic carbocycles. The average molecular weight is 553 g/mol. The van der Waals surface area contributed by atoms with Gasteiger partial charge in [-0.1, -0.05) is 37.0 Å². The highest BCUT2D eigenvalue weighted by atomic mass is 79.9. The van der Waals surface area contributed by atoms with Crippen LogP contribution in [0.5, 0.6) is 0 Å². The number of nitrogens with one attached hydrogen (secondary N) is 1. The van der Waals surface area contributed by atoms with Crippen LogP contribution in [0.4, 0.5) is 14.9 Å². The minimum absolute atomic E-state index is 0.0128. The van der Waals surface area contributed by atoms with E-state index in [-0.39, 0.29) is 38.9 Å². The Labute approximate surface area is 206 Å². The number of halogens is 4. The van der Waals surface area contributed by atoms with Crippen LogP contribution in [-0.2, 0) is 11.3 Å². The molecule has 3 rings (SSSR count). The lowest BCUT2D eigenvalue weighted by Crippen LogP contribution is -2.44. The van der Waals surface area contributed by atoms with Crippen molar-refractivity contribution in [2.45, 2.75) is 65.7 Å². The zero-order valence-electron chi connectivity index (χ0n) is 18.9. The van der Waals surface area contributed by atoms with Gasteiger partial charge in [-0.05, 0) is 55.6 Å². The summed E-state index contributed by atoms with van der Waals surface area (Å²) >= 11 is 15.5. The second-order valence-electron chi connectivity index (χ2n) is 8.18. The van der Waals surface area contributed by atoms with Crippen LogP contribution in [0.25, 0.3) is 10.9 Å². The minimum Gasteiger partial charge on any atom is -0.444 e. The fraction of sp³-hybridized carbons (Fsp3) is 0.545. The molecule has 1 fully saturated rings. The Bertz CT molecular complexity index is 978. The number of piperidine rings is 1. The topological polar surface area (TPSA) is 74.7 Å². The van der Waals surface area contributed by atoms with E-state index in [1.807, 2.05) is 34.6 Å². The molecule has 1 aliphatic rings. The van der Waals surface area contributed by atoms with Crippen LogP contribution in [0.2, 0.25) is 10.2 Å². The number of ether oxygens (including phenoxy) is 1. The summed E-state index contributed by atoms with van der Waals surface area (Å²) < 4.78 is 20.2. The van der Waals surface area contributed by atoms with E-state index in [4.69, 9.17) is 27.9 Å². The Balaban J connectivity index is 0.00000176. The van der Waals surface area contributed by atoms with Crippen LogP contribution in [0.3, 0.4) is 0 Å². The highest BCUT2D eigenvalue weighted by Gasteiger charge is 2.28. The van der Waals surface area contributed by atoms with E-state index < -0.39 is 11.4 Å². The largest absolute Gasteiger partial charge is 0.444 e. The smallest absolute Gasteiger partial charge is 0.410 e. The summed E-state index contributed by atoms with van der Waals surface area (Å²) in [6, 6.07) is 1.58. The van der Waals surface area contributed by atoms with Gasteiger partial charge in [-0.25, -0.2) is 14.2 Å². The molecule has 0 bridgehead atoms. The number of hydrogen-bond acceptors (Lipinski definition) is 5. The van der Waals surface area contributed by atoms with Crippen molar-refractivity contribution >= 4 is 61.8 Å². The maximum atomic E-state index is 14.7. The van der Waals surface area contributed by atoms with Gasteiger partial charge in [0.05, 0.1) is 21.8 Å². The molecule has 0 radical (unpaired) electrons. The highest BCUT2D eigenvalue weighted by Crippen LogP contribution is 2.39. The molecule has 2 N–H and O–H groups in total. The minimum atomic E-state index is -0.619. The monoisotopic (exact) mass is 551 g/mol. The molecule has 1 saturated heterocycles. The van der Waals surface area contributed by atoms with Crippen LogP contribution in [0.1, 0.15) is 53.0 Å². The molecule has 0 spiro atoms. The summed E-state index contributed by atoms with van der Waals surface area (Å²) in [5, 5.41) is 13.8. The van der Waals surface area contributed by atoms with Crippen molar-refractivity contribution in [3.05, 3.63) is 32.1 Å². The van der Waals surface area contributed by atoms with E-state index >= 15 is 0 Å². The number of rotatable bonds is 3. The first-order valence-corrected chi connectivity index (χ1v) is 12.1. The molecule has 10 heteroatoms. The van der Waals surface area contributed by atoms with Gasteiger partial charge in [-0.15, -0.1) is 0 Å². The maximum Gasteiger partial charge on any atom is 0.410 e. The maximum absolute atomic E-state index is 14.7. The zero-order valence-corrected chi connectivity index (χ0v) is 22.0.